The van der Waals surface area contributed by atoms with Crippen LogP contribution in [0.1, 0.15) is 0 Å². The third kappa shape index (κ3) is 4.21. The Balaban J connectivity index is 2.70. The van der Waals surface area contributed by atoms with Gasteiger partial charge in [-0.3, -0.25) is 4.79 Å². The van der Waals surface area contributed by atoms with E-state index in [1.165, 1.54) is 19.2 Å². The van der Waals surface area contributed by atoms with Crippen molar-refractivity contribution < 1.29 is 14.3 Å². The number of rotatable bonds is 4. The molecule has 0 aliphatic carbocycles. The summed E-state index contributed by atoms with van der Waals surface area (Å²) in [6.07, 6.45) is 0. The molecule has 0 amide bonds. The van der Waals surface area contributed by atoms with Gasteiger partial charge in [-0.15, -0.1) is 0 Å². The fourth-order valence-corrected chi connectivity index (χ4v) is 1.88. The van der Waals surface area contributed by atoms with Crippen LogP contribution in [0.4, 0.5) is 0 Å². The van der Waals surface area contributed by atoms with E-state index < -0.39 is 10.8 Å². The highest BCUT2D eigenvalue weighted by atomic mass is 79.9. The van der Waals surface area contributed by atoms with Crippen LogP contribution in [0.5, 0.6) is 5.75 Å². The van der Waals surface area contributed by atoms with E-state index in [9.17, 15) is 4.79 Å². The van der Waals surface area contributed by atoms with E-state index in [0.717, 1.165) is 0 Å². The number of halogens is 4. The van der Waals surface area contributed by atoms with Crippen molar-refractivity contribution in [2.45, 2.75) is 4.83 Å². The highest BCUT2D eigenvalue weighted by Gasteiger charge is 2.17. The minimum Gasteiger partial charge on any atom is -0.490 e. The molecule has 94 valence electrons. The average molecular weight is 362 g/mol. The Hall–Kier alpha value is -0.160. The van der Waals surface area contributed by atoms with Crippen molar-refractivity contribution in [3.8, 4) is 5.75 Å². The molecular formula is C10H8BrCl3O3. The third-order valence-corrected chi connectivity index (χ3v) is 3.47. The summed E-state index contributed by atoms with van der Waals surface area (Å²) in [7, 11) is 1.29. The molecule has 1 aromatic rings. The van der Waals surface area contributed by atoms with Crippen LogP contribution in [-0.2, 0) is 9.53 Å². The molecule has 0 radical (unpaired) electrons. The molecule has 0 aliphatic rings. The van der Waals surface area contributed by atoms with Gasteiger partial charge in [0, 0.05) is 6.07 Å². The van der Waals surface area contributed by atoms with Crippen LogP contribution in [-0.4, -0.2) is 24.5 Å². The largest absolute Gasteiger partial charge is 0.490 e. The van der Waals surface area contributed by atoms with Crippen molar-refractivity contribution in [1.29, 1.82) is 0 Å². The first kappa shape index (κ1) is 14.9. The van der Waals surface area contributed by atoms with Crippen LogP contribution in [0.25, 0.3) is 0 Å². The molecule has 0 spiro atoms. The van der Waals surface area contributed by atoms with E-state index >= 15 is 0 Å². The van der Waals surface area contributed by atoms with Gasteiger partial charge in [-0.05, 0) is 6.07 Å². The zero-order valence-electron chi connectivity index (χ0n) is 8.68. The smallest absolute Gasteiger partial charge is 0.322 e. The second-order valence-electron chi connectivity index (χ2n) is 3.00. The van der Waals surface area contributed by atoms with Crippen molar-refractivity contribution in [2.75, 3.05) is 13.7 Å². The normalized spacial score (nSPS) is 12.1. The molecule has 0 aromatic heterocycles. The SMILES string of the molecule is COC(=O)C(Br)COc1cc(Cl)c(Cl)cc1Cl. The summed E-state index contributed by atoms with van der Waals surface area (Å²) in [5.41, 5.74) is 0. The first-order chi connectivity index (χ1) is 7.95. The highest BCUT2D eigenvalue weighted by molar-refractivity contribution is 9.10. The minimum atomic E-state index is -0.571. The maximum Gasteiger partial charge on any atom is 0.322 e. The summed E-state index contributed by atoms with van der Waals surface area (Å²) >= 11 is 20.6. The van der Waals surface area contributed by atoms with Crippen molar-refractivity contribution >= 4 is 56.7 Å². The van der Waals surface area contributed by atoms with E-state index in [4.69, 9.17) is 39.5 Å². The Labute approximate surface area is 122 Å². The fourth-order valence-electron chi connectivity index (χ4n) is 0.974. The molecule has 1 atom stereocenters. The van der Waals surface area contributed by atoms with Gasteiger partial charge >= 0.3 is 5.97 Å². The Kier molecular flexibility index (Phi) is 5.86. The topological polar surface area (TPSA) is 35.5 Å². The maximum absolute atomic E-state index is 11.1. The zero-order valence-corrected chi connectivity index (χ0v) is 12.5. The standard InChI is InChI=1S/C10H8BrCl3O3/c1-16-10(15)5(11)4-17-9-3-7(13)6(12)2-8(9)14/h2-3,5H,4H2,1H3. The molecule has 1 unspecified atom stereocenters. The lowest BCUT2D eigenvalue weighted by Gasteiger charge is -2.11. The number of carbonyl (C=O) groups is 1. The van der Waals surface area contributed by atoms with Gasteiger partial charge in [0.25, 0.3) is 0 Å². The quantitative estimate of drug-likeness (QED) is 0.462. The molecule has 17 heavy (non-hydrogen) atoms. The lowest BCUT2D eigenvalue weighted by atomic mass is 10.3. The number of benzene rings is 1. The number of esters is 1. The lowest BCUT2D eigenvalue weighted by molar-refractivity contribution is -0.140. The van der Waals surface area contributed by atoms with E-state index in [2.05, 4.69) is 20.7 Å². The van der Waals surface area contributed by atoms with Crippen molar-refractivity contribution in [1.82, 2.24) is 0 Å². The van der Waals surface area contributed by atoms with E-state index in [1.807, 2.05) is 0 Å². The summed E-state index contributed by atoms with van der Waals surface area (Å²) in [5.74, 6) is -0.0735. The minimum absolute atomic E-state index is 0.0738. The van der Waals surface area contributed by atoms with Gasteiger partial charge in [-0.1, -0.05) is 50.7 Å². The van der Waals surface area contributed by atoms with Gasteiger partial charge in [0.15, 0.2) is 0 Å². The number of carbonyl (C=O) groups excluding carboxylic acids is 1. The van der Waals surface area contributed by atoms with Gasteiger partial charge in [-0.2, -0.15) is 0 Å². The first-order valence-electron chi connectivity index (χ1n) is 4.45. The Morgan fingerprint density at radius 1 is 1.29 bits per heavy atom. The number of methoxy groups -OCH3 is 1. The number of hydrogen-bond acceptors (Lipinski definition) is 3. The van der Waals surface area contributed by atoms with Crippen LogP contribution in [0.2, 0.25) is 15.1 Å². The molecule has 0 fully saturated rings. The van der Waals surface area contributed by atoms with Crippen LogP contribution in [0, 0.1) is 0 Å². The predicted octanol–water partition coefficient (Wildman–Crippen LogP) is 3.96. The van der Waals surface area contributed by atoms with Gasteiger partial charge in [0.2, 0.25) is 0 Å². The average Bonchev–Trinajstić information content (AvgIpc) is 2.30. The van der Waals surface area contributed by atoms with Crippen molar-refractivity contribution in [3.05, 3.63) is 27.2 Å². The maximum atomic E-state index is 11.1. The van der Waals surface area contributed by atoms with Gasteiger partial charge in [0.05, 0.1) is 22.2 Å². The van der Waals surface area contributed by atoms with Crippen LogP contribution < -0.4 is 4.74 Å². The molecule has 7 heteroatoms. The number of ether oxygens (including phenoxy) is 2. The number of hydrogen-bond donors (Lipinski definition) is 0. The summed E-state index contributed by atoms with van der Waals surface area (Å²) in [6, 6.07) is 2.96. The van der Waals surface area contributed by atoms with Crippen LogP contribution in [0.3, 0.4) is 0 Å². The Morgan fingerprint density at radius 3 is 2.47 bits per heavy atom. The number of alkyl halides is 1. The molecule has 0 heterocycles. The lowest BCUT2D eigenvalue weighted by Crippen LogP contribution is -2.23. The van der Waals surface area contributed by atoms with Crippen molar-refractivity contribution in [3.63, 3.8) is 0 Å². The molecule has 0 aliphatic heterocycles. The third-order valence-electron chi connectivity index (χ3n) is 1.82. The Morgan fingerprint density at radius 2 is 1.88 bits per heavy atom. The summed E-state index contributed by atoms with van der Waals surface area (Å²) in [4.78, 5) is 10.5. The van der Waals surface area contributed by atoms with Crippen LogP contribution >= 0.6 is 50.7 Å². The first-order valence-corrected chi connectivity index (χ1v) is 6.50. The van der Waals surface area contributed by atoms with Gasteiger partial charge < -0.3 is 9.47 Å². The molecule has 3 nitrogen and oxygen atoms in total. The Bertz CT molecular complexity index is 426. The van der Waals surface area contributed by atoms with E-state index in [0.29, 0.717) is 20.8 Å². The molecule has 0 saturated heterocycles. The molecule has 0 bridgehead atoms. The van der Waals surface area contributed by atoms with Gasteiger partial charge in [0.1, 0.15) is 17.2 Å². The summed E-state index contributed by atoms with van der Waals surface area (Å²) in [5, 5.41) is 0.992. The van der Waals surface area contributed by atoms with Crippen LogP contribution in [0.15, 0.2) is 12.1 Å². The zero-order chi connectivity index (χ0) is 13.0. The molecule has 1 aromatic carbocycles. The molecular weight excluding hydrogens is 354 g/mol. The summed E-state index contributed by atoms with van der Waals surface area (Å²) in [6.45, 7) is 0.0738. The van der Waals surface area contributed by atoms with E-state index in [-0.39, 0.29) is 6.61 Å². The predicted molar refractivity (Wildman–Crippen MR) is 71.7 cm³/mol. The summed E-state index contributed by atoms with van der Waals surface area (Å²) < 4.78 is 9.86. The second-order valence-corrected chi connectivity index (χ2v) is 5.33. The monoisotopic (exact) mass is 360 g/mol. The molecule has 1 rings (SSSR count). The molecule has 0 saturated carbocycles. The molecule has 0 N–H and O–H groups in total. The second kappa shape index (κ2) is 6.69. The highest BCUT2D eigenvalue weighted by Crippen LogP contribution is 2.34. The fraction of sp³-hybridized carbons (Fsp3) is 0.300. The van der Waals surface area contributed by atoms with Gasteiger partial charge in [-0.25, -0.2) is 0 Å². The van der Waals surface area contributed by atoms with E-state index in [1.54, 1.807) is 0 Å². The van der Waals surface area contributed by atoms with Crippen molar-refractivity contribution in [2.24, 2.45) is 0 Å².